The van der Waals surface area contributed by atoms with Gasteiger partial charge < -0.3 is 0 Å². The second-order valence-electron chi connectivity index (χ2n) is 5.74. The van der Waals surface area contributed by atoms with Crippen LogP contribution in [0, 0.1) is 34.6 Å². The summed E-state index contributed by atoms with van der Waals surface area (Å²) in [4.78, 5) is 12.4. The molecule has 0 aliphatic carbocycles. The van der Waals surface area contributed by atoms with Gasteiger partial charge in [0, 0.05) is 5.56 Å². The van der Waals surface area contributed by atoms with Crippen LogP contribution in [0.3, 0.4) is 0 Å². The Balaban J connectivity index is 2.32. The standard InChI is InChI=1S/C20H22O/c1-13-7-6-8-14(2)20(13)19(21)10-9-18-11-15(3)17(5)16(4)12-18/h6-12H,1-5H3/b10-9+. The van der Waals surface area contributed by atoms with E-state index in [1.54, 1.807) is 6.08 Å². The molecule has 0 fully saturated rings. The minimum atomic E-state index is 0.0708. The third-order valence-corrected chi connectivity index (χ3v) is 4.10. The second kappa shape index (κ2) is 6.09. The lowest BCUT2D eigenvalue weighted by molar-refractivity contribution is 0.104. The molecular weight excluding hydrogens is 256 g/mol. The first-order valence-corrected chi connectivity index (χ1v) is 7.26. The third-order valence-electron chi connectivity index (χ3n) is 4.10. The Labute approximate surface area is 127 Å². The Kier molecular flexibility index (Phi) is 4.42. The van der Waals surface area contributed by atoms with E-state index in [1.807, 2.05) is 38.1 Å². The molecule has 0 spiro atoms. The van der Waals surface area contributed by atoms with E-state index in [1.165, 1.54) is 16.7 Å². The number of benzene rings is 2. The van der Waals surface area contributed by atoms with Crippen molar-refractivity contribution in [1.82, 2.24) is 0 Å². The molecule has 0 radical (unpaired) electrons. The zero-order chi connectivity index (χ0) is 15.6. The maximum Gasteiger partial charge on any atom is 0.186 e. The first-order chi connectivity index (χ1) is 9.90. The van der Waals surface area contributed by atoms with E-state index in [2.05, 4.69) is 32.9 Å². The summed E-state index contributed by atoms with van der Waals surface area (Å²) in [6, 6.07) is 10.2. The maximum atomic E-state index is 12.4. The Hall–Kier alpha value is -2.15. The topological polar surface area (TPSA) is 17.1 Å². The summed E-state index contributed by atoms with van der Waals surface area (Å²) < 4.78 is 0. The monoisotopic (exact) mass is 278 g/mol. The summed E-state index contributed by atoms with van der Waals surface area (Å²) in [5, 5.41) is 0. The van der Waals surface area contributed by atoms with E-state index in [0.717, 1.165) is 22.3 Å². The van der Waals surface area contributed by atoms with Gasteiger partial charge in [0.1, 0.15) is 0 Å². The summed E-state index contributed by atoms with van der Waals surface area (Å²) >= 11 is 0. The van der Waals surface area contributed by atoms with Gasteiger partial charge in [-0.15, -0.1) is 0 Å². The van der Waals surface area contributed by atoms with E-state index in [4.69, 9.17) is 0 Å². The van der Waals surface area contributed by atoms with Crippen LogP contribution in [-0.4, -0.2) is 5.78 Å². The number of hydrogen-bond donors (Lipinski definition) is 0. The lowest BCUT2D eigenvalue weighted by Gasteiger charge is -2.07. The molecule has 0 aliphatic rings. The predicted octanol–water partition coefficient (Wildman–Crippen LogP) is 5.12. The molecule has 1 nitrogen and oxygen atoms in total. The van der Waals surface area contributed by atoms with Crippen LogP contribution in [0.5, 0.6) is 0 Å². The molecule has 0 saturated heterocycles. The van der Waals surface area contributed by atoms with Gasteiger partial charge in [0.25, 0.3) is 0 Å². The second-order valence-corrected chi connectivity index (χ2v) is 5.74. The smallest absolute Gasteiger partial charge is 0.186 e. The van der Waals surface area contributed by atoms with E-state index in [-0.39, 0.29) is 5.78 Å². The van der Waals surface area contributed by atoms with Gasteiger partial charge in [-0.25, -0.2) is 0 Å². The van der Waals surface area contributed by atoms with Gasteiger partial charge in [0.15, 0.2) is 5.78 Å². The van der Waals surface area contributed by atoms with Gasteiger partial charge in [-0.2, -0.15) is 0 Å². The molecule has 0 atom stereocenters. The number of allylic oxidation sites excluding steroid dienone is 1. The average molecular weight is 278 g/mol. The molecule has 0 N–H and O–H groups in total. The van der Waals surface area contributed by atoms with Crippen molar-refractivity contribution in [2.75, 3.05) is 0 Å². The molecule has 0 aromatic heterocycles. The number of carbonyl (C=O) groups is 1. The molecule has 2 aromatic carbocycles. The van der Waals surface area contributed by atoms with Crippen LogP contribution in [0.2, 0.25) is 0 Å². The molecule has 2 aromatic rings. The van der Waals surface area contributed by atoms with E-state index in [0.29, 0.717) is 0 Å². The van der Waals surface area contributed by atoms with E-state index >= 15 is 0 Å². The summed E-state index contributed by atoms with van der Waals surface area (Å²) in [5.41, 5.74) is 7.78. The Bertz CT molecular complexity index is 677. The van der Waals surface area contributed by atoms with Crippen LogP contribution in [0.1, 0.15) is 43.7 Å². The van der Waals surface area contributed by atoms with Crippen LogP contribution in [0.25, 0.3) is 6.08 Å². The highest BCUT2D eigenvalue weighted by molar-refractivity contribution is 6.08. The van der Waals surface area contributed by atoms with Crippen LogP contribution >= 0.6 is 0 Å². The van der Waals surface area contributed by atoms with Crippen molar-refractivity contribution in [3.8, 4) is 0 Å². The number of ketones is 1. The fraction of sp³-hybridized carbons (Fsp3) is 0.250. The summed E-state index contributed by atoms with van der Waals surface area (Å²) in [7, 11) is 0. The van der Waals surface area contributed by atoms with Gasteiger partial charge in [-0.1, -0.05) is 36.4 Å². The van der Waals surface area contributed by atoms with Crippen molar-refractivity contribution in [3.63, 3.8) is 0 Å². The molecule has 108 valence electrons. The molecule has 0 bridgehead atoms. The number of hydrogen-bond acceptors (Lipinski definition) is 1. The first-order valence-electron chi connectivity index (χ1n) is 7.26. The molecule has 2 rings (SSSR count). The summed E-state index contributed by atoms with van der Waals surface area (Å²) in [5.74, 6) is 0.0708. The molecule has 0 saturated carbocycles. The Morgan fingerprint density at radius 3 is 1.90 bits per heavy atom. The highest BCUT2D eigenvalue weighted by Gasteiger charge is 2.08. The van der Waals surface area contributed by atoms with Gasteiger partial charge in [0.2, 0.25) is 0 Å². The zero-order valence-corrected chi connectivity index (χ0v) is 13.4. The molecular formula is C20H22O. The molecule has 0 heterocycles. The van der Waals surface area contributed by atoms with Crippen molar-refractivity contribution in [2.45, 2.75) is 34.6 Å². The first kappa shape index (κ1) is 15.2. The summed E-state index contributed by atoms with van der Waals surface area (Å²) in [6.45, 7) is 10.3. The van der Waals surface area contributed by atoms with E-state index in [9.17, 15) is 4.79 Å². The van der Waals surface area contributed by atoms with Gasteiger partial charge in [-0.05, 0) is 74.1 Å². The van der Waals surface area contributed by atoms with Gasteiger partial charge in [-0.3, -0.25) is 4.79 Å². The normalized spacial score (nSPS) is 11.1. The maximum absolute atomic E-state index is 12.4. The Morgan fingerprint density at radius 2 is 1.38 bits per heavy atom. The molecule has 0 unspecified atom stereocenters. The molecule has 21 heavy (non-hydrogen) atoms. The SMILES string of the molecule is Cc1cc(/C=C/C(=O)c2c(C)cccc2C)cc(C)c1C. The van der Waals surface area contributed by atoms with Crippen molar-refractivity contribution < 1.29 is 4.79 Å². The van der Waals surface area contributed by atoms with Crippen LogP contribution in [0.4, 0.5) is 0 Å². The van der Waals surface area contributed by atoms with Crippen molar-refractivity contribution in [1.29, 1.82) is 0 Å². The largest absolute Gasteiger partial charge is 0.289 e. The van der Waals surface area contributed by atoms with Crippen LogP contribution in [-0.2, 0) is 0 Å². The van der Waals surface area contributed by atoms with Crippen LogP contribution in [0.15, 0.2) is 36.4 Å². The molecule has 0 aliphatic heterocycles. The summed E-state index contributed by atoms with van der Waals surface area (Å²) in [6.07, 6.45) is 3.59. The fourth-order valence-electron chi connectivity index (χ4n) is 2.62. The number of aryl methyl sites for hydroxylation is 4. The average Bonchev–Trinajstić information content (AvgIpc) is 2.42. The van der Waals surface area contributed by atoms with Crippen molar-refractivity contribution in [3.05, 3.63) is 75.4 Å². The highest BCUT2D eigenvalue weighted by Crippen LogP contribution is 2.18. The lowest BCUT2D eigenvalue weighted by Crippen LogP contribution is -2.01. The molecule has 1 heteroatoms. The zero-order valence-electron chi connectivity index (χ0n) is 13.4. The fourth-order valence-corrected chi connectivity index (χ4v) is 2.62. The third kappa shape index (κ3) is 3.30. The minimum Gasteiger partial charge on any atom is -0.289 e. The highest BCUT2D eigenvalue weighted by atomic mass is 16.1. The lowest BCUT2D eigenvalue weighted by atomic mass is 9.97. The quantitative estimate of drug-likeness (QED) is 0.562. The number of rotatable bonds is 3. The Morgan fingerprint density at radius 1 is 0.857 bits per heavy atom. The minimum absolute atomic E-state index is 0.0708. The van der Waals surface area contributed by atoms with Crippen molar-refractivity contribution >= 4 is 11.9 Å². The molecule has 0 amide bonds. The van der Waals surface area contributed by atoms with E-state index < -0.39 is 0 Å². The number of carbonyl (C=O) groups excluding carboxylic acids is 1. The van der Waals surface area contributed by atoms with Crippen molar-refractivity contribution in [2.24, 2.45) is 0 Å². The predicted molar refractivity (Wildman–Crippen MR) is 89.9 cm³/mol. The van der Waals surface area contributed by atoms with Crippen LogP contribution < -0.4 is 0 Å². The van der Waals surface area contributed by atoms with Gasteiger partial charge >= 0.3 is 0 Å². The van der Waals surface area contributed by atoms with Gasteiger partial charge in [0.05, 0.1) is 0 Å².